The predicted molar refractivity (Wildman–Crippen MR) is 39.9 cm³/mol. The summed E-state index contributed by atoms with van der Waals surface area (Å²) in [6, 6.07) is 0. The van der Waals surface area contributed by atoms with Crippen molar-refractivity contribution in [3.05, 3.63) is 24.4 Å². The lowest BCUT2D eigenvalue weighted by Gasteiger charge is -2.08. The molecule has 0 aliphatic rings. The Morgan fingerprint density at radius 3 is 2.31 bits per heavy atom. The van der Waals surface area contributed by atoms with Gasteiger partial charge in [-0.2, -0.15) is 13.2 Å². The zero-order valence-electron chi connectivity index (χ0n) is 6.57. The number of alkyl halides is 3. The Labute approximate surface area is 72.2 Å². The van der Waals surface area contributed by atoms with Gasteiger partial charge in [0.25, 0.3) is 0 Å². The molecule has 13 heavy (non-hydrogen) atoms. The molecule has 74 valence electrons. The number of rotatable bonds is 4. The van der Waals surface area contributed by atoms with Gasteiger partial charge in [-0.05, 0) is 12.8 Å². The van der Waals surface area contributed by atoms with Gasteiger partial charge in [-0.1, -0.05) is 6.58 Å². The average Bonchev–Trinajstić information content (AvgIpc) is 2.03. The monoisotopic (exact) mass is 197 g/mol. The highest BCUT2D eigenvalue weighted by atomic mass is 19.4. The molecule has 0 saturated heterocycles. The number of allylic oxidation sites excluding steroid dienone is 2. The van der Waals surface area contributed by atoms with E-state index in [1.54, 1.807) is 0 Å². The minimum atomic E-state index is -4.53. The van der Waals surface area contributed by atoms with E-state index in [1.165, 1.54) is 0 Å². The zero-order chi connectivity index (χ0) is 10.5. The van der Waals surface area contributed by atoms with E-state index in [2.05, 4.69) is 23.0 Å². The maximum atomic E-state index is 12.5. The molecular formula is C7H7F4NO. The highest BCUT2D eigenvalue weighted by Gasteiger charge is 2.29. The molecule has 0 spiro atoms. The molecule has 6 heteroatoms. The van der Waals surface area contributed by atoms with Crippen LogP contribution in [0.4, 0.5) is 17.6 Å². The lowest BCUT2D eigenvalue weighted by Crippen LogP contribution is -2.16. The van der Waals surface area contributed by atoms with E-state index in [0.29, 0.717) is 6.08 Å². The van der Waals surface area contributed by atoms with Crippen LogP contribution in [0, 0.1) is 0 Å². The molecule has 0 aliphatic carbocycles. The fraction of sp³-hybridized carbons (Fsp3) is 0.286. The molecule has 0 amide bonds. The van der Waals surface area contributed by atoms with Crippen LogP contribution in [0.2, 0.25) is 0 Å². The molecule has 0 N–H and O–H groups in total. The van der Waals surface area contributed by atoms with Crippen LogP contribution < -0.4 is 0 Å². The van der Waals surface area contributed by atoms with Crippen molar-refractivity contribution in [1.82, 2.24) is 0 Å². The summed E-state index contributed by atoms with van der Waals surface area (Å²) >= 11 is 0. The quantitative estimate of drug-likeness (QED) is 0.294. The summed E-state index contributed by atoms with van der Waals surface area (Å²) in [4.78, 5) is 2.92. The molecule has 0 rings (SSSR count). The van der Waals surface area contributed by atoms with Crippen molar-refractivity contribution in [1.29, 1.82) is 0 Å². The van der Waals surface area contributed by atoms with E-state index >= 15 is 0 Å². The van der Waals surface area contributed by atoms with Gasteiger partial charge < -0.3 is 4.74 Å². The van der Waals surface area contributed by atoms with Crippen LogP contribution in [0.15, 0.2) is 29.4 Å². The SMILES string of the molecule is C=C/C(F)=C(\N=C)OCC(F)(F)F. The number of aliphatic imine (C=N–C) groups is 1. The van der Waals surface area contributed by atoms with E-state index in [-0.39, 0.29) is 0 Å². The lowest BCUT2D eigenvalue weighted by molar-refractivity contribution is -0.165. The Bertz CT molecular complexity index is 231. The third-order valence-electron chi connectivity index (χ3n) is 0.900. The van der Waals surface area contributed by atoms with Gasteiger partial charge in [0, 0.05) is 0 Å². The minimum absolute atomic E-state index is 0.681. The molecule has 0 aliphatic heterocycles. The molecule has 0 atom stereocenters. The second-order valence-corrected chi connectivity index (χ2v) is 1.92. The first-order valence-electron chi connectivity index (χ1n) is 3.09. The summed E-state index contributed by atoms with van der Waals surface area (Å²) in [5.41, 5.74) is 0. The molecule has 0 aromatic carbocycles. The number of hydrogen-bond donors (Lipinski definition) is 0. The molecule has 0 radical (unpaired) electrons. The number of hydrogen-bond acceptors (Lipinski definition) is 2. The van der Waals surface area contributed by atoms with Crippen LogP contribution >= 0.6 is 0 Å². The van der Waals surface area contributed by atoms with Crippen LogP contribution in [0.1, 0.15) is 0 Å². The highest BCUT2D eigenvalue weighted by molar-refractivity contribution is 5.29. The normalized spacial score (nSPS) is 13.2. The van der Waals surface area contributed by atoms with Gasteiger partial charge in [0.1, 0.15) is 0 Å². The van der Waals surface area contributed by atoms with Crippen LogP contribution in [0.5, 0.6) is 0 Å². The van der Waals surface area contributed by atoms with Crippen molar-refractivity contribution < 1.29 is 22.3 Å². The van der Waals surface area contributed by atoms with Gasteiger partial charge in [0.2, 0.25) is 5.88 Å². The first-order valence-corrected chi connectivity index (χ1v) is 3.09. The second kappa shape index (κ2) is 4.64. The van der Waals surface area contributed by atoms with E-state index in [0.717, 1.165) is 0 Å². The van der Waals surface area contributed by atoms with Gasteiger partial charge in [-0.3, -0.25) is 0 Å². The van der Waals surface area contributed by atoms with Crippen molar-refractivity contribution >= 4 is 6.72 Å². The van der Waals surface area contributed by atoms with E-state index in [9.17, 15) is 17.6 Å². The first-order chi connectivity index (χ1) is 5.90. The standard InChI is InChI=1S/C7H7F4NO/c1-3-5(8)6(12-2)13-4-7(9,10)11/h3H,1-2,4H2/b6-5-. The zero-order valence-corrected chi connectivity index (χ0v) is 6.57. The third-order valence-corrected chi connectivity index (χ3v) is 0.900. The second-order valence-electron chi connectivity index (χ2n) is 1.92. The fourth-order valence-corrected chi connectivity index (χ4v) is 0.428. The van der Waals surface area contributed by atoms with Gasteiger partial charge in [0.15, 0.2) is 12.4 Å². The Balaban J connectivity index is 4.32. The van der Waals surface area contributed by atoms with Gasteiger partial charge in [0.05, 0.1) is 0 Å². The molecule has 0 heterocycles. The minimum Gasteiger partial charge on any atom is -0.466 e. The predicted octanol–water partition coefficient (Wildman–Crippen LogP) is 2.59. The van der Waals surface area contributed by atoms with Gasteiger partial charge in [-0.25, -0.2) is 9.38 Å². The largest absolute Gasteiger partial charge is 0.466 e. The molecule has 0 unspecified atom stereocenters. The summed E-state index contributed by atoms with van der Waals surface area (Å²) in [5, 5.41) is 0. The molecular weight excluding hydrogens is 190 g/mol. The van der Waals surface area contributed by atoms with E-state index in [4.69, 9.17) is 0 Å². The average molecular weight is 197 g/mol. The Hall–Kier alpha value is -1.33. The van der Waals surface area contributed by atoms with Crippen molar-refractivity contribution in [3.8, 4) is 0 Å². The summed E-state index contributed by atoms with van der Waals surface area (Å²) in [5.74, 6) is -1.90. The third kappa shape index (κ3) is 5.00. The van der Waals surface area contributed by atoms with Crippen LogP contribution in [-0.2, 0) is 4.74 Å². The summed E-state index contributed by atoms with van der Waals surface area (Å²) in [7, 11) is 0. The number of nitrogens with zero attached hydrogens (tertiary/aromatic N) is 1. The topological polar surface area (TPSA) is 21.6 Å². The Morgan fingerprint density at radius 2 is 2.00 bits per heavy atom. The molecule has 0 bridgehead atoms. The molecule has 0 aromatic heterocycles. The molecule has 0 aromatic rings. The number of ether oxygens (including phenoxy) is 1. The smallest absolute Gasteiger partial charge is 0.422 e. The highest BCUT2D eigenvalue weighted by Crippen LogP contribution is 2.18. The summed E-state index contributed by atoms with van der Waals surface area (Å²) in [6.45, 7) is 4.23. The van der Waals surface area contributed by atoms with Crippen molar-refractivity contribution in [2.75, 3.05) is 6.61 Å². The maximum Gasteiger partial charge on any atom is 0.422 e. The van der Waals surface area contributed by atoms with E-state index in [1.807, 2.05) is 0 Å². The molecule has 0 saturated carbocycles. The maximum absolute atomic E-state index is 12.5. The van der Waals surface area contributed by atoms with E-state index < -0.39 is 24.5 Å². The van der Waals surface area contributed by atoms with Crippen LogP contribution in [0.25, 0.3) is 0 Å². The Kier molecular flexibility index (Phi) is 4.16. The van der Waals surface area contributed by atoms with Crippen LogP contribution in [0.3, 0.4) is 0 Å². The Morgan fingerprint density at radius 1 is 1.46 bits per heavy atom. The number of halogens is 4. The van der Waals surface area contributed by atoms with Gasteiger partial charge >= 0.3 is 6.18 Å². The van der Waals surface area contributed by atoms with Crippen molar-refractivity contribution in [2.45, 2.75) is 6.18 Å². The molecule has 2 nitrogen and oxygen atoms in total. The lowest BCUT2D eigenvalue weighted by atomic mass is 10.5. The van der Waals surface area contributed by atoms with Gasteiger partial charge in [-0.15, -0.1) is 0 Å². The fourth-order valence-electron chi connectivity index (χ4n) is 0.428. The van der Waals surface area contributed by atoms with Crippen molar-refractivity contribution in [3.63, 3.8) is 0 Å². The molecule has 0 fully saturated rings. The first kappa shape index (κ1) is 11.7. The van der Waals surface area contributed by atoms with Crippen molar-refractivity contribution in [2.24, 2.45) is 4.99 Å². The summed E-state index contributed by atoms with van der Waals surface area (Å²) in [6.07, 6.45) is -3.85. The summed E-state index contributed by atoms with van der Waals surface area (Å²) < 4.78 is 51.2. The van der Waals surface area contributed by atoms with Crippen LogP contribution in [-0.4, -0.2) is 19.5 Å².